The van der Waals surface area contributed by atoms with Crippen LogP contribution in [0.15, 0.2) is 65.8 Å². The summed E-state index contributed by atoms with van der Waals surface area (Å²) in [7, 11) is -3.96. The van der Waals surface area contributed by atoms with E-state index >= 15 is 0 Å². The van der Waals surface area contributed by atoms with E-state index in [1.54, 1.807) is 13.0 Å². The van der Waals surface area contributed by atoms with E-state index in [-0.39, 0.29) is 11.4 Å². The lowest BCUT2D eigenvalue weighted by Crippen LogP contribution is -2.32. The first kappa shape index (κ1) is 16.1. The van der Waals surface area contributed by atoms with Crippen LogP contribution in [0.5, 0.6) is 0 Å². The molecule has 1 amide bonds. The fraction of sp³-hybridized carbons (Fsp3) is 0.111. The molecular formula is C18H16N2O3S. The summed E-state index contributed by atoms with van der Waals surface area (Å²) >= 11 is 0. The Morgan fingerprint density at radius 1 is 1.04 bits per heavy atom. The standard InChI is InChI=1S/C18H16N2O3S/c1-13-8-9-19-18(10-13)24(22,23)20-17(21)12-14-6-7-15-4-2-3-5-16(15)11-14/h2-11H,12H2,1H3,(H,20,21). The highest BCUT2D eigenvalue weighted by Gasteiger charge is 2.19. The smallest absolute Gasteiger partial charge is 0.274 e. The molecule has 5 nitrogen and oxygen atoms in total. The van der Waals surface area contributed by atoms with Gasteiger partial charge in [-0.25, -0.2) is 9.71 Å². The van der Waals surface area contributed by atoms with Gasteiger partial charge in [0.2, 0.25) is 5.91 Å². The van der Waals surface area contributed by atoms with Crippen LogP contribution < -0.4 is 4.72 Å². The molecule has 0 bridgehead atoms. The van der Waals surface area contributed by atoms with E-state index in [0.29, 0.717) is 0 Å². The Labute approximate surface area is 140 Å². The lowest BCUT2D eigenvalue weighted by molar-refractivity contribution is -0.118. The molecule has 2 aromatic carbocycles. The predicted molar refractivity (Wildman–Crippen MR) is 92.0 cm³/mol. The number of hydrogen-bond donors (Lipinski definition) is 1. The van der Waals surface area contributed by atoms with Crippen molar-refractivity contribution in [2.45, 2.75) is 18.4 Å². The van der Waals surface area contributed by atoms with Gasteiger partial charge in [0.1, 0.15) is 0 Å². The molecule has 0 unspecified atom stereocenters. The zero-order valence-electron chi connectivity index (χ0n) is 13.1. The predicted octanol–water partition coefficient (Wildman–Crippen LogP) is 2.59. The molecule has 0 aliphatic carbocycles. The molecule has 1 N–H and O–H groups in total. The second-order valence-corrected chi connectivity index (χ2v) is 7.19. The summed E-state index contributed by atoms with van der Waals surface area (Å²) in [6, 6.07) is 16.5. The summed E-state index contributed by atoms with van der Waals surface area (Å²) in [4.78, 5) is 15.9. The van der Waals surface area contributed by atoms with Crippen LogP contribution in [0.4, 0.5) is 0 Å². The van der Waals surface area contributed by atoms with Gasteiger partial charge < -0.3 is 0 Å². The minimum atomic E-state index is -3.96. The first-order valence-electron chi connectivity index (χ1n) is 7.40. The Hall–Kier alpha value is -2.73. The quantitative estimate of drug-likeness (QED) is 0.792. The Bertz CT molecular complexity index is 1010. The maximum Gasteiger partial charge on any atom is 0.281 e. The molecule has 0 fully saturated rings. The van der Waals surface area contributed by atoms with Crippen molar-refractivity contribution in [2.75, 3.05) is 0 Å². The van der Waals surface area contributed by atoms with Crippen LogP contribution in [0.1, 0.15) is 11.1 Å². The number of carbonyl (C=O) groups excluding carboxylic acids is 1. The van der Waals surface area contributed by atoms with Gasteiger partial charge in [0.05, 0.1) is 6.42 Å². The normalized spacial score (nSPS) is 11.4. The van der Waals surface area contributed by atoms with Crippen molar-refractivity contribution in [3.63, 3.8) is 0 Å². The number of pyridine rings is 1. The van der Waals surface area contributed by atoms with Gasteiger partial charge in [-0.15, -0.1) is 0 Å². The van der Waals surface area contributed by atoms with E-state index in [4.69, 9.17) is 0 Å². The summed E-state index contributed by atoms with van der Waals surface area (Å²) < 4.78 is 26.5. The summed E-state index contributed by atoms with van der Waals surface area (Å²) in [6.45, 7) is 1.76. The molecule has 3 rings (SSSR count). The number of carbonyl (C=O) groups is 1. The average molecular weight is 340 g/mol. The molecule has 0 aliphatic heterocycles. The van der Waals surface area contributed by atoms with Crippen LogP contribution in [0, 0.1) is 6.92 Å². The van der Waals surface area contributed by atoms with Crippen LogP contribution in [-0.4, -0.2) is 19.3 Å². The van der Waals surface area contributed by atoms with Gasteiger partial charge in [-0.3, -0.25) is 4.79 Å². The number of nitrogens with zero attached hydrogens (tertiary/aromatic N) is 1. The topological polar surface area (TPSA) is 76.1 Å². The summed E-state index contributed by atoms with van der Waals surface area (Å²) in [5, 5.41) is 1.92. The summed E-state index contributed by atoms with van der Waals surface area (Å²) in [6.07, 6.45) is 1.38. The number of rotatable bonds is 4. The Kier molecular flexibility index (Phi) is 4.31. The van der Waals surface area contributed by atoms with Crippen molar-refractivity contribution in [1.82, 2.24) is 9.71 Å². The first-order valence-corrected chi connectivity index (χ1v) is 8.88. The highest BCUT2D eigenvalue weighted by Crippen LogP contribution is 2.16. The molecule has 0 radical (unpaired) electrons. The first-order chi connectivity index (χ1) is 11.4. The zero-order chi connectivity index (χ0) is 17.2. The maximum atomic E-state index is 12.2. The molecule has 0 atom stereocenters. The van der Waals surface area contributed by atoms with Crippen molar-refractivity contribution < 1.29 is 13.2 Å². The highest BCUT2D eigenvalue weighted by molar-refractivity contribution is 7.90. The van der Waals surface area contributed by atoms with Crippen LogP contribution in [0.3, 0.4) is 0 Å². The molecular weight excluding hydrogens is 324 g/mol. The molecule has 0 spiro atoms. The fourth-order valence-electron chi connectivity index (χ4n) is 2.43. The number of nitrogens with one attached hydrogen (secondary N) is 1. The van der Waals surface area contributed by atoms with Crippen molar-refractivity contribution in [2.24, 2.45) is 0 Å². The lowest BCUT2D eigenvalue weighted by Gasteiger charge is -2.07. The van der Waals surface area contributed by atoms with Crippen LogP contribution in [0.2, 0.25) is 0 Å². The van der Waals surface area contributed by atoms with Crippen molar-refractivity contribution in [3.05, 3.63) is 71.9 Å². The lowest BCUT2D eigenvalue weighted by atomic mass is 10.1. The fourth-order valence-corrected chi connectivity index (χ4v) is 3.44. The summed E-state index contributed by atoms with van der Waals surface area (Å²) in [5.74, 6) is -0.589. The number of hydrogen-bond acceptors (Lipinski definition) is 4. The number of sulfonamides is 1. The van der Waals surface area contributed by atoms with Gasteiger partial charge in [-0.2, -0.15) is 8.42 Å². The third kappa shape index (κ3) is 3.60. The molecule has 0 saturated carbocycles. The molecule has 1 heterocycles. The van der Waals surface area contributed by atoms with Gasteiger partial charge >= 0.3 is 0 Å². The summed E-state index contributed by atoms with van der Waals surface area (Å²) in [5.41, 5.74) is 1.51. The second kappa shape index (κ2) is 6.41. The van der Waals surface area contributed by atoms with Crippen LogP contribution >= 0.6 is 0 Å². The van der Waals surface area contributed by atoms with Gasteiger partial charge in [0.25, 0.3) is 10.0 Å². The van der Waals surface area contributed by atoms with E-state index in [2.05, 4.69) is 9.71 Å². The number of amides is 1. The Balaban J connectivity index is 1.76. The van der Waals surface area contributed by atoms with E-state index < -0.39 is 15.9 Å². The largest absolute Gasteiger partial charge is 0.281 e. The Morgan fingerprint density at radius 2 is 1.79 bits per heavy atom. The van der Waals surface area contributed by atoms with Gasteiger partial charge in [-0.1, -0.05) is 42.5 Å². The van der Waals surface area contributed by atoms with E-state index in [9.17, 15) is 13.2 Å². The minimum Gasteiger partial charge on any atom is -0.274 e. The molecule has 1 aromatic heterocycles. The third-order valence-corrected chi connectivity index (χ3v) is 4.86. The molecule has 0 saturated heterocycles. The third-order valence-electron chi connectivity index (χ3n) is 3.59. The van der Waals surface area contributed by atoms with E-state index in [1.165, 1.54) is 12.3 Å². The zero-order valence-corrected chi connectivity index (χ0v) is 13.9. The minimum absolute atomic E-state index is 0.0180. The van der Waals surface area contributed by atoms with E-state index in [1.807, 2.05) is 42.5 Å². The second-order valence-electron chi connectivity index (χ2n) is 5.56. The number of fused-ring (bicyclic) bond motifs is 1. The maximum absolute atomic E-state index is 12.2. The van der Waals surface area contributed by atoms with E-state index in [0.717, 1.165) is 21.9 Å². The van der Waals surface area contributed by atoms with Crippen molar-refractivity contribution in [3.8, 4) is 0 Å². The number of aryl methyl sites for hydroxylation is 1. The molecule has 3 aromatic rings. The SMILES string of the molecule is Cc1ccnc(S(=O)(=O)NC(=O)Cc2ccc3ccccc3c2)c1. The molecule has 0 aliphatic rings. The average Bonchev–Trinajstić information content (AvgIpc) is 2.54. The van der Waals surface area contributed by atoms with Gasteiger partial charge in [0.15, 0.2) is 5.03 Å². The number of aromatic nitrogens is 1. The number of benzene rings is 2. The molecule has 24 heavy (non-hydrogen) atoms. The molecule has 122 valence electrons. The van der Waals surface area contributed by atoms with Crippen LogP contribution in [-0.2, 0) is 21.2 Å². The molecule has 6 heteroatoms. The van der Waals surface area contributed by atoms with Gasteiger partial charge in [0, 0.05) is 6.20 Å². The highest BCUT2D eigenvalue weighted by atomic mass is 32.2. The van der Waals surface area contributed by atoms with Crippen LogP contribution in [0.25, 0.3) is 10.8 Å². The van der Waals surface area contributed by atoms with Crippen molar-refractivity contribution >= 4 is 26.7 Å². The monoisotopic (exact) mass is 340 g/mol. The van der Waals surface area contributed by atoms with Gasteiger partial charge in [-0.05, 0) is 41.0 Å². The Morgan fingerprint density at radius 3 is 2.54 bits per heavy atom. The van der Waals surface area contributed by atoms with Crippen molar-refractivity contribution in [1.29, 1.82) is 0 Å².